The lowest BCUT2D eigenvalue weighted by molar-refractivity contribution is -0.119. The van der Waals surface area contributed by atoms with E-state index in [-0.39, 0.29) is 18.2 Å². The summed E-state index contributed by atoms with van der Waals surface area (Å²) < 4.78 is 44.9. The van der Waals surface area contributed by atoms with Gasteiger partial charge in [-0.3, -0.25) is 4.79 Å². The van der Waals surface area contributed by atoms with Crippen LogP contribution in [0.2, 0.25) is 0 Å². The number of carbonyl (C=O) groups is 1. The molecular weight excluding hydrogens is 491 g/mol. The van der Waals surface area contributed by atoms with Crippen LogP contribution in [0.1, 0.15) is 54.9 Å². The van der Waals surface area contributed by atoms with Gasteiger partial charge in [-0.15, -0.1) is 0 Å². The highest BCUT2D eigenvalue weighted by atomic mass is 19.2. The van der Waals surface area contributed by atoms with E-state index in [0.717, 1.165) is 41.7 Å². The molecular formula is C29H24F3N5O. The van der Waals surface area contributed by atoms with E-state index in [9.17, 15) is 18.0 Å². The number of amides is 1. The van der Waals surface area contributed by atoms with Gasteiger partial charge in [-0.2, -0.15) is 0 Å². The maximum atomic E-state index is 14.6. The van der Waals surface area contributed by atoms with E-state index in [0.29, 0.717) is 28.5 Å². The van der Waals surface area contributed by atoms with Gasteiger partial charge in [-0.1, -0.05) is 24.3 Å². The summed E-state index contributed by atoms with van der Waals surface area (Å²) in [6, 6.07) is 5.47. The predicted molar refractivity (Wildman–Crippen MR) is 138 cm³/mol. The average Bonchev–Trinajstić information content (AvgIpc) is 3.37. The van der Waals surface area contributed by atoms with Gasteiger partial charge >= 0.3 is 0 Å². The number of aryl methyl sites for hydroxylation is 1. The molecule has 2 aliphatic rings. The van der Waals surface area contributed by atoms with Gasteiger partial charge in [0.1, 0.15) is 23.2 Å². The quantitative estimate of drug-likeness (QED) is 0.335. The minimum absolute atomic E-state index is 0.173. The topological polar surface area (TPSA) is 72.2 Å². The van der Waals surface area contributed by atoms with Crippen molar-refractivity contribution in [3.63, 3.8) is 0 Å². The first-order chi connectivity index (χ1) is 18.1. The molecule has 1 amide bonds. The number of imidazole rings is 1. The molecule has 0 atom stereocenters. The molecule has 1 aromatic carbocycles. The van der Waals surface area contributed by atoms with Crippen molar-refractivity contribution < 1.29 is 18.0 Å². The molecule has 1 aliphatic carbocycles. The van der Waals surface area contributed by atoms with Crippen LogP contribution in [0.3, 0.4) is 0 Å². The zero-order valence-electron chi connectivity index (χ0n) is 21.1. The van der Waals surface area contributed by atoms with Crippen molar-refractivity contribution in [1.82, 2.24) is 19.4 Å². The van der Waals surface area contributed by atoms with Crippen LogP contribution in [0, 0.1) is 24.4 Å². The summed E-state index contributed by atoms with van der Waals surface area (Å²) in [4.78, 5) is 26.5. The number of anilines is 1. The van der Waals surface area contributed by atoms with Gasteiger partial charge in [0, 0.05) is 29.4 Å². The molecule has 3 aromatic heterocycles. The lowest BCUT2D eigenvalue weighted by atomic mass is 9.86. The monoisotopic (exact) mass is 515 g/mol. The number of pyridine rings is 1. The van der Waals surface area contributed by atoms with Gasteiger partial charge in [-0.25, -0.2) is 28.1 Å². The first-order valence-electron chi connectivity index (χ1n) is 12.4. The molecule has 0 saturated carbocycles. The summed E-state index contributed by atoms with van der Waals surface area (Å²) in [7, 11) is 0. The van der Waals surface area contributed by atoms with E-state index < -0.39 is 28.4 Å². The lowest BCUT2D eigenvalue weighted by Gasteiger charge is -2.16. The van der Waals surface area contributed by atoms with E-state index in [1.54, 1.807) is 4.40 Å². The number of allylic oxidation sites excluding steroid dienone is 4. The molecule has 9 heteroatoms. The highest BCUT2D eigenvalue weighted by Gasteiger charge is 2.41. The highest BCUT2D eigenvalue weighted by molar-refractivity contribution is 6.05. The summed E-state index contributed by atoms with van der Waals surface area (Å²) >= 11 is 0. The average molecular weight is 516 g/mol. The minimum atomic E-state index is -1.24. The minimum Gasteiger partial charge on any atom is -0.310 e. The number of carbonyl (C=O) groups excluding carboxylic acids is 1. The van der Waals surface area contributed by atoms with Crippen molar-refractivity contribution in [3.05, 3.63) is 94.4 Å². The molecule has 1 aliphatic heterocycles. The predicted octanol–water partition coefficient (Wildman–Crippen LogP) is 6.07. The third-order valence-corrected chi connectivity index (χ3v) is 7.24. The summed E-state index contributed by atoms with van der Waals surface area (Å²) in [5.74, 6) is -2.41. The Morgan fingerprint density at radius 3 is 2.58 bits per heavy atom. The van der Waals surface area contributed by atoms with Gasteiger partial charge in [0.15, 0.2) is 17.5 Å². The van der Waals surface area contributed by atoms with Gasteiger partial charge in [0.2, 0.25) is 5.91 Å². The molecule has 6 rings (SSSR count). The third kappa shape index (κ3) is 3.72. The van der Waals surface area contributed by atoms with E-state index in [4.69, 9.17) is 4.98 Å². The zero-order chi connectivity index (χ0) is 26.8. The van der Waals surface area contributed by atoms with Crippen LogP contribution in [0.25, 0.3) is 22.6 Å². The van der Waals surface area contributed by atoms with Crippen molar-refractivity contribution in [3.8, 4) is 11.5 Å². The Labute approximate surface area is 217 Å². The molecule has 38 heavy (non-hydrogen) atoms. The molecule has 0 fully saturated rings. The molecule has 0 saturated heterocycles. The van der Waals surface area contributed by atoms with Crippen LogP contribution in [0.4, 0.5) is 19.0 Å². The Kier molecular flexibility index (Phi) is 5.48. The van der Waals surface area contributed by atoms with Crippen molar-refractivity contribution >= 4 is 22.8 Å². The number of nitrogens with zero attached hydrogens (tertiary/aromatic N) is 4. The maximum Gasteiger partial charge on any atom is 0.235 e. The highest BCUT2D eigenvalue weighted by Crippen LogP contribution is 2.39. The standard InChI is InChI=1S/C29H24F3N5O/c1-15-23-26(36-28(38)29(23,2)3)35-27(33-15)25-21-12-9-17(16-7-5-4-6-8-16)14-37(21)22(34-25)13-18-19(30)10-11-20(31)24(18)32/h5,7-12,14H,4,6,13H2,1-3H3,(H,33,35,36,38). The van der Waals surface area contributed by atoms with E-state index in [2.05, 4.69) is 27.4 Å². The second-order valence-corrected chi connectivity index (χ2v) is 10.1. The second-order valence-electron chi connectivity index (χ2n) is 10.1. The van der Waals surface area contributed by atoms with Gasteiger partial charge < -0.3 is 9.72 Å². The summed E-state index contributed by atoms with van der Waals surface area (Å²) in [6.45, 7) is 5.43. The van der Waals surface area contributed by atoms with Crippen LogP contribution >= 0.6 is 0 Å². The fourth-order valence-electron chi connectivity index (χ4n) is 5.22. The Balaban J connectivity index is 1.55. The van der Waals surface area contributed by atoms with Crippen LogP contribution in [0.5, 0.6) is 0 Å². The summed E-state index contributed by atoms with van der Waals surface area (Å²) in [5, 5.41) is 2.83. The van der Waals surface area contributed by atoms with Crippen molar-refractivity contribution in [2.75, 3.05) is 5.32 Å². The summed E-state index contributed by atoms with van der Waals surface area (Å²) in [6.07, 6.45) is 9.69. The molecule has 192 valence electrons. The SMILES string of the molecule is Cc1nc(-c2nc(Cc3c(F)ccc(F)c3F)n3cc(C4=CCCC=C4)ccc23)nc2c1C(C)(C)C(=O)N2. The first kappa shape index (κ1) is 24.1. The molecule has 0 radical (unpaired) electrons. The van der Waals surface area contributed by atoms with Gasteiger partial charge in [-0.05, 0) is 62.9 Å². The normalized spacial score (nSPS) is 16.1. The van der Waals surface area contributed by atoms with E-state index >= 15 is 0 Å². The van der Waals surface area contributed by atoms with Crippen molar-refractivity contribution in [2.24, 2.45) is 0 Å². The Hall–Kier alpha value is -4.27. The number of fused-ring (bicyclic) bond motifs is 2. The Morgan fingerprint density at radius 1 is 1.03 bits per heavy atom. The number of nitrogens with one attached hydrogen (secondary N) is 1. The van der Waals surface area contributed by atoms with Crippen LogP contribution in [0.15, 0.2) is 48.7 Å². The first-order valence-corrected chi connectivity index (χ1v) is 12.4. The van der Waals surface area contributed by atoms with Gasteiger partial charge in [0.25, 0.3) is 0 Å². The number of hydrogen-bond acceptors (Lipinski definition) is 4. The number of halogens is 3. The molecule has 0 spiro atoms. The maximum absolute atomic E-state index is 14.6. The van der Waals surface area contributed by atoms with Crippen molar-refractivity contribution in [1.29, 1.82) is 0 Å². The largest absolute Gasteiger partial charge is 0.310 e. The lowest BCUT2D eigenvalue weighted by Crippen LogP contribution is -2.27. The summed E-state index contributed by atoms with van der Waals surface area (Å²) in [5.41, 5.74) is 3.10. The molecule has 6 nitrogen and oxygen atoms in total. The molecule has 0 bridgehead atoms. The second kappa shape index (κ2) is 8.65. The van der Waals surface area contributed by atoms with E-state index in [1.165, 1.54) is 0 Å². The molecule has 4 heterocycles. The Bertz CT molecular complexity index is 1720. The number of rotatable bonds is 4. The van der Waals surface area contributed by atoms with Crippen LogP contribution in [-0.4, -0.2) is 25.3 Å². The molecule has 4 aromatic rings. The third-order valence-electron chi connectivity index (χ3n) is 7.24. The number of benzene rings is 1. The number of hydrogen-bond donors (Lipinski definition) is 1. The number of aromatic nitrogens is 4. The molecule has 1 N–H and O–H groups in total. The smallest absolute Gasteiger partial charge is 0.235 e. The Morgan fingerprint density at radius 2 is 1.82 bits per heavy atom. The van der Waals surface area contributed by atoms with Crippen LogP contribution < -0.4 is 5.32 Å². The fraction of sp³-hybridized carbons (Fsp3) is 0.241. The van der Waals surface area contributed by atoms with Crippen LogP contribution in [-0.2, 0) is 16.6 Å². The van der Waals surface area contributed by atoms with E-state index in [1.807, 2.05) is 45.2 Å². The molecule has 0 unspecified atom stereocenters. The zero-order valence-corrected chi connectivity index (χ0v) is 21.1. The van der Waals surface area contributed by atoms with Crippen molar-refractivity contribution in [2.45, 2.75) is 45.4 Å². The fourth-order valence-corrected chi connectivity index (χ4v) is 5.22. The van der Waals surface area contributed by atoms with Gasteiger partial charge in [0.05, 0.1) is 10.9 Å².